The number of methoxy groups -OCH3 is 1. The van der Waals surface area contributed by atoms with Gasteiger partial charge in [-0.25, -0.2) is 27.3 Å². The van der Waals surface area contributed by atoms with Gasteiger partial charge in [0.2, 0.25) is 11.8 Å². The van der Waals surface area contributed by atoms with Gasteiger partial charge in [-0.1, -0.05) is 18.2 Å². The van der Waals surface area contributed by atoms with E-state index in [1.165, 1.54) is 31.4 Å². The van der Waals surface area contributed by atoms with E-state index in [-0.39, 0.29) is 17.4 Å². The summed E-state index contributed by atoms with van der Waals surface area (Å²) in [5.41, 5.74) is 0.326. The summed E-state index contributed by atoms with van der Waals surface area (Å²) in [7, 11) is -3.01. The van der Waals surface area contributed by atoms with E-state index in [4.69, 9.17) is 4.74 Å². The van der Waals surface area contributed by atoms with Crippen molar-refractivity contribution in [2.45, 2.75) is 31.0 Å². The lowest BCUT2D eigenvalue weighted by Crippen LogP contribution is -2.35. The van der Waals surface area contributed by atoms with Gasteiger partial charge in [-0.3, -0.25) is 5.32 Å². The molecule has 2 unspecified atom stereocenters. The number of halogens is 1. The number of amides is 2. The molecule has 9 nitrogen and oxygen atoms in total. The lowest BCUT2D eigenvalue weighted by atomic mass is 10.1. The number of rotatable bonds is 6. The molecule has 0 fully saturated rings. The Labute approximate surface area is 155 Å². The molecule has 2 rings (SSSR count). The van der Waals surface area contributed by atoms with Crippen molar-refractivity contribution in [1.82, 2.24) is 14.7 Å². The molecular formula is C16H19FN4O5S. The molecule has 2 amide bonds. The van der Waals surface area contributed by atoms with E-state index in [1.807, 2.05) is 0 Å². The topological polar surface area (TPSA) is 131 Å². The Morgan fingerprint density at radius 1 is 1.30 bits per heavy atom. The molecule has 27 heavy (non-hydrogen) atoms. The molecule has 146 valence electrons. The molecule has 0 radical (unpaired) electrons. The average Bonchev–Trinajstić information content (AvgIpc) is 2.59. The molecule has 0 aliphatic heterocycles. The van der Waals surface area contributed by atoms with E-state index in [0.717, 1.165) is 13.0 Å². The number of urea groups is 1. The summed E-state index contributed by atoms with van der Waals surface area (Å²) in [5.74, 6) is 0.0244. The Kier molecular flexibility index (Phi) is 6.28. The average molecular weight is 398 g/mol. The highest BCUT2D eigenvalue weighted by atomic mass is 32.2. The molecule has 0 bridgehead atoms. The SMILES string of the molecule is COc1cc(C)nc(NC(=O)NS(=O)(=O)c2ccccc2C(O)C(C)F)n1. The second-order valence-corrected chi connectivity index (χ2v) is 7.25. The van der Waals surface area contributed by atoms with Gasteiger partial charge >= 0.3 is 6.03 Å². The first-order chi connectivity index (χ1) is 12.6. The lowest BCUT2D eigenvalue weighted by Gasteiger charge is -2.17. The molecule has 0 aliphatic carbocycles. The van der Waals surface area contributed by atoms with Crippen molar-refractivity contribution in [3.8, 4) is 5.88 Å². The number of alkyl halides is 1. The smallest absolute Gasteiger partial charge is 0.335 e. The number of carbonyl (C=O) groups excluding carboxylic acids is 1. The van der Waals surface area contributed by atoms with Gasteiger partial charge in [0.25, 0.3) is 10.0 Å². The third-order valence-corrected chi connectivity index (χ3v) is 4.86. The molecule has 0 spiro atoms. The minimum absolute atomic E-state index is 0.162. The summed E-state index contributed by atoms with van der Waals surface area (Å²) in [6, 6.07) is 5.66. The van der Waals surface area contributed by atoms with Crippen LogP contribution >= 0.6 is 0 Å². The molecule has 1 aromatic heterocycles. The first-order valence-corrected chi connectivity index (χ1v) is 9.27. The van der Waals surface area contributed by atoms with Crippen LogP contribution < -0.4 is 14.8 Å². The molecule has 0 saturated carbocycles. The maximum Gasteiger partial charge on any atom is 0.335 e. The van der Waals surface area contributed by atoms with Crippen LogP contribution in [0.2, 0.25) is 0 Å². The second-order valence-electron chi connectivity index (χ2n) is 5.60. The Morgan fingerprint density at radius 2 is 1.96 bits per heavy atom. The van der Waals surface area contributed by atoms with Gasteiger partial charge < -0.3 is 9.84 Å². The van der Waals surface area contributed by atoms with E-state index < -0.39 is 33.2 Å². The monoisotopic (exact) mass is 398 g/mol. The van der Waals surface area contributed by atoms with Crippen LogP contribution in [0.15, 0.2) is 35.2 Å². The van der Waals surface area contributed by atoms with E-state index in [9.17, 15) is 22.7 Å². The predicted molar refractivity (Wildman–Crippen MR) is 94.6 cm³/mol. The number of sulfonamides is 1. The Balaban J connectivity index is 2.24. The van der Waals surface area contributed by atoms with Crippen LogP contribution in [-0.2, 0) is 10.0 Å². The number of nitrogens with zero attached hydrogens (tertiary/aromatic N) is 2. The molecule has 2 aromatic rings. The molecule has 1 heterocycles. The van der Waals surface area contributed by atoms with Crippen molar-refractivity contribution >= 4 is 22.0 Å². The highest BCUT2D eigenvalue weighted by Crippen LogP contribution is 2.26. The number of anilines is 1. The number of aliphatic hydroxyl groups is 1. The van der Waals surface area contributed by atoms with Crippen LogP contribution in [0.3, 0.4) is 0 Å². The molecule has 2 atom stereocenters. The van der Waals surface area contributed by atoms with Crippen LogP contribution in [0, 0.1) is 6.92 Å². The highest BCUT2D eigenvalue weighted by Gasteiger charge is 2.27. The number of aliphatic hydroxyl groups excluding tert-OH is 1. The molecule has 1 aromatic carbocycles. The van der Waals surface area contributed by atoms with Gasteiger partial charge in [-0.2, -0.15) is 4.98 Å². The van der Waals surface area contributed by atoms with E-state index in [2.05, 4.69) is 15.3 Å². The van der Waals surface area contributed by atoms with Gasteiger partial charge in [0.1, 0.15) is 12.3 Å². The van der Waals surface area contributed by atoms with Crippen molar-refractivity contribution in [1.29, 1.82) is 0 Å². The van der Waals surface area contributed by atoms with Crippen LogP contribution in [-0.4, -0.2) is 42.8 Å². The maximum absolute atomic E-state index is 13.4. The normalized spacial score (nSPS) is 13.5. The third-order valence-electron chi connectivity index (χ3n) is 3.45. The number of benzene rings is 1. The zero-order valence-electron chi connectivity index (χ0n) is 14.8. The summed E-state index contributed by atoms with van der Waals surface area (Å²) in [6.07, 6.45) is -3.37. The number of hydrogen-bond acceptors (Lipinski definition) is 7. The minimum Gasteiger partial charge on any atom is -0.481 e. The van der Waals surface area contributed by atoms with Crippen LogP contribution in [0.4, 0.5) is 15.1 Å². The zero-order chi connectivity index (χ0) is 20.2. The number of nitrogens with one attached hydrogen (secondary N) is 2. The lowest BCUT2D eigenvalue weighted by molar-refractivity contribution is 0.0859. The minimum atomic E-state index is -4.39. The number of carbonyl (C=O) groups is 1. The van der Waals surface area contributed by atoms with Crippen LogP contribution in [0.5, 0.6) is 5.88 Å². The summed E-state index contributed by atoms with van der Waals surface area (Å²) in [5, 5.41) is 12.1. The quantitative estimate of drug-likeness (QED) is 0.675. The molecule has 0 aliphatic rings. The Morgan fingerprint density at radius 3 is 2.59 bits per heavy atom. The Hall–Kier alpha value is -2.79. The zero-order valence-corrected chi connectivity index (χ0v) is 15.6. The second kappa shape index (κ2) is 8.27. The van der Waals surface area contributed by atoms with Gasteiger partial charge in [0.15, 0.2) is 0 Å². The predicted octanol–water partition coefficient (Wildman–Crippen LogP) is 1.70. The number of aryl methyl sites for hydroxylation is 1. The van der Waals surface area contributed by atoms with Crippen molar-refractivity contribution in [2.24, 2.45) is 0 Å². The molecular weight excluding hydrogens is 379 g/mol. The first-order valence-electron chi connectivity index (χ1n) is 7.78. The van der Waals surface area contributed by atoms with Crippen molar-refractivity contribution in [2.75, 3.05) is 12.4 Å². The molecule has 11 heteroatoms. The highest BCUT2D eigenvalue weighted by molar-refractivity contribution is 7.90. The summed E-state index contributed by atoms with van der Waals surface area (Å²) in [6.45, 7) is 2.73. The van der Waals surface area contributed by atoms with Crippen LogP contribution in [0.25, 0.3) is 0 Å². The van der Waals surface area contributed by atoms with E-state index in [1.54, 1.807) is 11.6 Å². The summed E-state index contributed by atoms with van der Waals surface area (Å²) >= 11 is 0. The van der Waals surface area contributed by atoms with Gasteiger partial charge in [-0.05, 0) is 19.9 Å². The van der Waals surface area contributed by atoms with Crippen molar-refractivity contribution < 1.29 is 27.4 Å². The maximum atomic E-state index is 13.4. The van der Waals surface area contributed by atoms with Crippen molar-refractivity contribution in [3.63, 3.8) is 0 Å². The number of ether oxygens (including phenoxy) is 1. The molecule has 3 N–H and O–H groups in total. The van der Waals surface area contributed by atoms with Gasteiger partial charge in [0.05, 0.1) is 12.0 Å². The fourth-order valence-electron chi connectivity index (χ4n) is 2.22. The largest absolute Gasteiger partial charge is 0.481 e. The standard InChI is InChI=1S/C16H19FN4O5S/c1-9-8-13(26-3)19-15(18-9)20-16(23)21-27(24,25)12-7-5-4-6-11(12)14(22)10(2)17/h4-8,10,14,22H,1-3H3,(H2,18,19,20,21,23). The number of hydrogen-bond donors (Lipinski definition) is 3. The first kappa shape index (κ1) is 20.5. The van der Waals surface area contributed by atoms with Crippen molar-refractivity contribution in [3.05, 3.63) is 41.6 Å². The van der Waals surface area contributed by atoms with Gasteiger partial charge in [0, 0.05) is 17.3 Å². The van der Waals surface area contributed by atoms with E-state index in [0.29, 0.717) is 5.69 Å². The number of aromatic nitrogens is 2. The van der Waals surface area contributed by atoms with E-state index >= 15 is 0 Å². The fraction of sp³-hybridized carbons (Fsp3) is 0.312. The van der Waals surface area contributed by atoms with Gasteiger partial charge in [-0.15, -0.1) is 0 Å². The van der Waals surface area contributed by atoms with Crippen LogP contribution in [0.1, 0.15) is 24.3 Å². The third kappa shape index (κ3) is 5.11. The molecule has 0 saturated heterocycles. The Bertz CT molecular complexity index is 936. The summed E-state index contributed by atoms with van der Waals surface area (Å²) < 4.78 is 45.2. The fourth-order valence-corrected chi connectivity index (χ4v) is 3.38. The summed E-state index contributed by atoms with van der Waals surface area (Å²) in [4.78, 5) is 19.5.